The van der Waals surface area contributed by atoms with E-state index in [1.54, 1.807) is 11.3 Å². The molecule has 106 valence electrons. The molecule has 5 heteroatoms. The molecular weight excluding hydrogens is 290 g/mol. The second-order valence-corrected chi connectivity index (χ2v) is 7.06. The van der Waals surface area contributed by atoms with Crippen LogP contribution in [0.2, 0.25) is 4.34 Å². The highest BCUT2D eigenvalue weighted by Crippen LogP contribution is 2.40. The lowest BCUT2D eigenvalue weighted by Gasteiger charge is -2.26. The summed E-state index contributed by atoms with van der Waals surface area (Å²) in [6, 6.07) is 6.51. The van der Waals surface area contributed by atoms with Gasteiger partial charge in [0.1, 0.15) is 0 Å². The van der Waals surface area contributed by atoms with Gasteiger partial charge in [-0.15, -0.1) is 11.3 Å². The predicted molar refractivity (Wildman–Crippen MR) is 87.2 cm³/mol. The third-order valence-corrected chi connectivity index (χ3v) is 4.96. The lowest BCUT2D eigenvalue weighted by atomic mass is 9.94. The summed E-state index contributed by atoms with van der Waals surface area (Å²) in [5, 5.41) is 3.64. The molecule has 0 aromatic carbocycles. The van der Waals surface area contributed by atoms with Gasteiger partial charge in [0.2, 0.25) is 0 Å². The van der Waals surface area contributed by atoms with E-state index in [2.05, 4.69) is 22.4 Å². The minimum Gasteiger partial charge on any atom is -0.375 e. The van der Waals surface area contributed by atoms with Gasteiger partial charge in [-0.05, 0) is 43.0 Å². The fourth-order valence-corrected chi connectivity index (χ4v) is 4.11. The van der Waals surface area contributed by atoms with Crippen LogP contribution in [0.1, 0.15) is 29.3 Å². The summed E-state index contributed by atoms with van der Waals surface area (Å²) < 4.78 is 0.891. The van der Waals surface area contributed by atoms with Gasteiger partial charge in [-0.3, -0.25) is 0 Å². The van der Waals surface area contributed by atoms with Gasteiger partial charge in [0.05, 0.1) is 16.1 Å². The van der Waals surface area contributed by atoms with Crippen molar-refractivity contribution in [3.8, 4) is 0 Å². The van der Waals surface area contributed by atoms with Crippen molar-refractivity contribution in [1.29, 1.82) is 0 Å². The van der Waals surface area contributed by atoms with E-state index < -0.39 is 0 Å². The number of fused-ring (bicyclic) bond motifs is 1. The monoisotopic (exact) mass is 307 g/mol. The molecule has 0 spiro atoms. The first kappa shape index (κ1) is 13.7. The van der Waals surface area contributed by atoms with Crippen molar-refractivity contribution in [2.24, 2.45) is 0 Å². The molecule has 2 heterocycles. The van der Waals surface area contributed by atoms with Crippen molar-refractivity contribution in [2.75, 3.05) is 24.3 Å². The number of nitrogens with zero attached hydrogens (tertiary/aromatic N) is 2. The van der Waals surface area contributed by atoms with Crippen molar-refractivity contribution < 1.29 is 0 Å². The first-order chi connectivity index (χ1) is 9.65. The normalized spacial score (nSPS) is 17.6. The molecule has 0 amide bonds. The average Bonchev–Trinajstić information content (AvgIpc) is 2.80. The van der Waals surface area contributed by atoms with Gasteiger partial charge in [-0.25, -0.2) is 4.98 Å². The zero-order valence-corrected chi connectivity index (χ0v) is 13.3. The molecule has 2 aromatic rings. The lowest BCUT2D eigenvalue weighted by molar-refractivity contribution is 0.608. The van der Waals surface area contributed by atoms with Crippen molar-refractivity contribution in [1.82, 2.24) is 4.98 Å². The molecule has 0 fully saturated rings. The second-order valence-electron chi connectivity index (χ2n) is 5.29. The van der Waals surface area contributed by atoms with Gasteiger partial charge < -0.3 is 10.2 Å². The van der Waals surface area contributed by atoms with Crippen molar-refractivity contribution in [3.63, 3.8) is 0 Å². The third-order valence-electron chi connectivity index (χ3n) is 3.62. The van der Waals surface area contributed by atoms with Crippen molar-refractivity contribution in [2.45, 2.75) is 25.3 Å². The maximum atomic E-state index is 6.17. The van der Waals surface area contributed by atoms with Crippen LogP contribution in [-0.2, 0) is 6.42 Å². The van der Waals surface area contributed by atoms with E-state index in [1.807, 2.05) is 31.3 Å². The molecular formula is C15H18ClN3S. The quantitative estimate of drug-likeness (QED) is 0.913. The maximum Gasteiger partial charge on any atom is 0.151 e. The Bertz CT molecular complexity index is 609. The van der Waals surface area contributed by atoms with Crippen molar-refractivity contribution in [3.05, 3.63) is 39.2 Å². The Hall–Kier alpha value is -1.26. The lowest BCUT2D eigenvalue weighted by Crippen LogP contribution is -2.19. The highest BCUT2D eigenvalue weighted by atomic mass is 35.5. The molecule has 1 N–H and O–H groups in total. The molecule has 0 radical (unpaired) electrons. The van der Waals surface area contributed by atoms with E-state index in [0.29, 0.717) is 6.04 Å². The number of hydrogen-bond donors (Lipinski definition) is 1. The molecule has 3 rings (SSSR count). The Morgan fingerprint density at radius 3 is 3.10 bits per heavy atom. The van der Waals surface area contributed by atoms with E-state index in [1.165, 1.54) is 16.9 Å². The smallest absolute Gasteiger partial charge is 0.151 e. The number of hydrogen-bond acceptors (Lipinski definition) is 4. The Balaban J connectivity index is 1.89. The third kappa shape index (κ3) is 2.63. The molecule has 1 aliphatic carbocycles. The summed E-state index contributed by atoms with van der Waals surface area (Å²) in [5.74, 6) is 0.973. The molecule has 1 unspecified atom stereocenters. The second kappa shape index (κ2) is 5.62. The maximum absolute atomic E-state index is 6.17. The van der Waals surface area contributed by atoms with E-state index in [9.17, 15) is 0 Å². The fraction of sp³-hybridized carbons (Fsp3) is 0.400. The number of thiophene rings is 1. The van der Waals surface area contributed by atoms with Gasteiger partial charge in [-0.1, -0.05) is 11.6 Å². The zero-order valence-electron chi connectivity index (χ0n) is 11.7. The molecule has 0 saturated heterocycles. The largest absolute Gasteiger partial charge is 0.375 e. The number of nitrogens with one attached hydrogen (secondary N) is 1. The van der Waals surface area contributed by atoms with Crippen LogP contribution in [0.5, 0.6) is 0 Å². The molecule has 0 aliphatic heterocycles. The van der Waals surface area contributed by atoms with Gasteiger partial charge in [0.15, 0.2) is 5.82 Å². The molecule has 2 aromatic heterocycles. The minimum absolute atomic E-state index is 0.338. The van der Waals surface area contributed by atoms with E-state index in [0.717, 1.165) is 28.7 Å². The topological polar surface area (TPSA) is 28.2 Å². The number of anilines is 2. The van der Waals surface area contributed by atoms with Crippen LogP contribution in [0.25, 0.3) is 0 Å². The predicted octanol–water partition coefficient (Wildman–Crippen LogP) is 4.35. The zero-order chi connectivity index (χ0) is 14.1. The number of halogens is 1. The van der Waals surface area contributed by atoms with Crippen LogP contribution in [0, 0.1) is 0 Å². The molecule has 1 aliphatic rings. The average molecular weight is 308 g/mol. The number of rotatable bonds is 3. The number of aromatic nitrogens is 1. The Labute approximate surface area is 128 Å². The Morgan fingerprint density at radius 1 is 1.45 bits per heavy atom. The van der Waals surface area contributed by atoms with Crippen LogP contribution in [0.15, 0.2) is 24.4 Å². The SMILES string of the molecule is CN(C)c1ncccc1NC1CCCc2sc(Cl)cc21. The summed E-state index contributed by atoms with van der Waals surface area (Å²) in [7, 11) is 4.03. The van der Waals surface area contributed by atoms with E-state index >= 15 is 0 Å². The van der Waals surface area contributed by atoms with E-state index in [4.69, 9.17) is 11.6 Å². The fourth-order valence-electron chi connectivity index (χ4n) is 2.73. The van der Waals surface area contributed by atoms with Gasteiger partial charge >= 0.3 is 0 Å². The molecule has 0 bridgehead atoms. The Kier molecular flexibility index (Phi) is 3.85. The van der Waals surface area contributed by atoms with Crippen LogP contribution in [-0.4, -0.2) is 19.1 Å². The first-order valence-corrected chi connectivity index (χ1v) is 8.01. The summed E-state index contributed by atoms with van der Waals surface area (Å²) >= 11 is 7.89. The summed E-state index contributed by atoms with van der Waals surface area (Å²) in [4.78, 5) is 7.90. The van der Waals surface area contributed by atoms with Crippen LogP contribution in [0.3, 0.4) is 0 Å². The molecule has 0 saturated carbocycles. The van der Waals surface area contributed by atoms with Crippen LogP contribution in [0.4, 0.5) is 11.5 Å². The summed E-state index contributed by atoms with van der Waals surface area (Å²) in [5.41, 5.74) is 2.44. The first-order valence-electron chi connectivity index (χ1n) is 6.82. The number of aryl methyl sites for hydroxylation is 1. The van der Waals surface area contributed by atoms with Gasteiger partial charge in [0, 0.05) is 25.2 Å². The highest BCUT2D eigenvalue weighted by Gasteiger charge is 2.23. The standard InChI is InChI=1S/C15H18ClN3S/c1-19(2)15-12(6-4-8-17-15)18-11-5-3-7-13-10(11)9-14(16)20-13/h4,6,8-9,11,18H,3,5,7H2,1-2H3. The van der Waals surface area contributed by atoms with Gasteiger partial charge in [0.25, 0.3) is 0 Å². The summed E-state index contributed by atoms with van der Waals surface area (Å²) in [6.07, 6.45) is 5.33. The van der Waals surface area contributed by atoms with Gasteiger partial charge in [-0.2, -0.15) is 0 Å². The van der Waals surface area contributed by atoms with Crippen LogP contribution < -0.4 is 10.2 Å². The van der Waals surface area contributed by atoms with Crippen molar-refractivity contribution >= 4 is 34.4 Å². The Morgan fingerprint density at radius 2 is 2.30 bits per heavy atom. The van der Waals surface area contributed by atoms with Crippen LogP contribution >= 0.6 is 22.9 Å². The number of pyridine rings is 1. The molecule has 3 nitrogen and oxygen atoms in total. The molecule has 1 atom stereocenters. The highest BCUT2D eigenvalue weighted by molar-refractivity contribution is 7.16. The minimum atomic E-state index is 0.338. The van der Waals surface area contributed by atoms with E-state index in [-0.39, 0.29) is 0 Å². The molecule has 20 heavy (non-hydrogen) atoms. The summed E-state index contributed by atoms with van der Waals surface area (Å²) in [6.45, 7) is 0.